The number of H-pyrrole nitrogens is 1. The summed E-state index contributed by atoms with van der Waals surface area (Å²) in [4.78, 5) is 32.6. The van der Waals surface area contributed by atoms with Crippen molar-refractivity contribution in [3.63, 3.8) is 0 Å². The average molecular weight is 199 g/mol. The summed E-state index contributed by atoms with van der Waals surface area (Å²) in [6.07, 6.45) is 0.812. The van der Waals surface area contributed by atoms with Crippen LogP contribution in [0.2, 0.25) is 0 Å². The molecule has 14 heavy (non-hydrogen) atoms. The Labute approximate surface area is 76.1 Å². The van der Waals surface area contributed by atoms with Gasteiger partial charge in [0.15, 0.2) is 0 Å². The number of aromatic amines is 1. The maximum absolute atomic E-state index is 10.8. The molecular formula is C6H5N3O5. The number of pyridine rings is 1. The molecule has 1 aromatic heterocycles. The van der Waals surface area contributed by atoms with Crippen LogP contribution in [-0.4, -0.2) is 20.9 Å². The van der Waals surface area contributed by atoms with E-state index >= 15 is 0 Å². The maximum Gasteiger partial charge on any atom is 0.375 e. The molecule has 0 aliphatic carbocycles. The third kappa shape index (κ3) is 1.40. The van der Waals surface area contributed by atoms with E-state index in [9.17, 15) is 19.7 Å². The molecule has 0 aliphatic heterocycles. The van der Waals surface area contributed by atoms with Gasteiger partial charge in [0, 0.05) is 6.20 Å². The molecule has 1 heterocycles. The van der Waals surface area contributed by atoms with Crippen molar-refractivity contribution in [1.82, 2.24) is 4.98 Å². The minimum absolute atomic E-state index is 0.503. The molecule has 0 aromatic carbocycles. The molecule has 1 rings (SSSR count). The molecule has 1 amide bonds. The molecular weight excluding hydrogens is 194 g/mol. The first-order valence-corrected chi connectivity index (χ1v) is 3.34. The van der Waals surface area contributed by atoms with E-state index < -0.39 is 33.4 Å². The standard InChI is InChI=1S/C6H5N3O5/c7-5(11)2-1-8-6(12)3(4(2)10)9(13)14/h1H,(H2,7,11)(H2,8,10,12). The van der Waals surface area contributed by atoms with E-state index in [2.05, 4.69) is 0 Å². The van der Waals surface area contributed by atoms with Crippen molar-refractivity contribution in [2.75, 3.05) is 0 Å². The molecule has 8 nitrogen and oxygen atoms in total. The number of hydrogen-bond donors (Lipinski definition) is 3. The summed E-state index contributed by atoms with van der Waals surface area (Å²) in [6, 6.07) is 0. The monoisotopic (exact) mass is 199 g/mol. The van der Waals surface area contributed by atoms with E-state index in [-0.39, 0.29) is 0 Å². The molecule has 74 valence electrons. The lowest BCUT2D eigenvalue weighted by atomic mass is 10.2. The van der Waals surface area contributed by atoms with Gasteiger partial charge in [-0.3, -0.25) is 19.7 Å². The van der Waals surface area contributed by atoms with Crippen LogP contribution in [0, 0.1) is 10.1 Å². The Bertz CT molecular complexity index is 463. The van der Waals surface area contributed by atoms with Crippen molar-refractivity contribution >= 4 is 11.6 Å². The molecule has 8 heteroatoms. The fourth-order valence-electron chi connectivity index (χ4n) is 0.867. The number of hydrogen-bond acceptors (Lipinski definition) is 5. The van der Waals surface area contributed by atoms with Crippen LogP contribution < -0.4 is 11.3 Å². The summed E-state index contributed by atoms with van der Waals surface area (Å²) in [7, 11) is 0. The number of carbonyl (C=O) groups is 1. The Morgan fingerprint density at radius 2 is 2.21 bits per heavy atom. The van der Waals surface area contributed by atoms with Crippen LogP contribution in [-0.2, 0) is 0 Å². The lowest BCUT2D eigenvalue weighted by Crippen LogP contribution is -2.17. The molecule has 0 radical (unpaired) electrons. The van der Waals surface area contributed by atoms with Crippen molar-refractivity contribution in [3.05, 3.63) is 32.2 Å². The highest BCUT2D eigenvalue weighted by molar-refractivity contribution is 5.96. The normalized spacial score (nSPS) is 9.71. The highest BCUT2D eigenvalue weighted by Crippen LogP contribution is 2.23. The second kappa shape index (κ2) is 3.17. The van der Waals surface area contributed by atoms with Crippen LogP contribution in [0.15, 0.2) is 11.0 Å². The smallest absolute Gasteiger partial charge is 0.375 e. The molecule has 0 atom stereocenters. The number of nitro groups is 1. The number of rotatable bonds is 2. The third-order valence-electron chi connectivity index (χ3n) is 1.49. The Morgan fingerprint density at radius 3 is 2.64 bits per heavy atom. The highest BCUT2D eigenvalue weighted by Gasteiger charge is 2.24. The Kier molecular flexibility index (Phi) is 2.19. The van der Waals surface area contributed by atoms with E-state index in [1.807, 2.05) is 4.98 Å². The van der Waals surface area contributed by atoms with E-state index in [4.69, 9.17) is 10.8 Å². The lowest BCUT2D eigenvalue weighted by Gasteiger charge is -1.98. The number of aromatic hydroxyl groups is 1. The number of primary amides is 1. The van der Waals surface area contributed by atoms with Crippen LogP contribution in [0.25, 0.3) is 0 Å². The van der Waals surface area contributed by atoms with E-state index in [1.54, 1.807) is 0 Å². The number of nitrogens with zero attached hydrogens (tertiary/aromatic N) is 1. The molecule has 0 saturated heterocycles. The van der Waals surface area contributed by atoms with E-state index in [1.165, 1.54) is 0 Å². The second-order valence-electron chi connectivity index (χ2n) is 2.35. The van der Waals surface area contributed by atoms with Gasteiger partial charge < -0.3 is 15.8 Å². The van der Waals surface area contributed by atoms with Crippen molar-refractivity contribution in [2.24, 2.45) is 5.73 Å². The van der Waals surface area contributed by atoms with Gasteiger partial charge in [0.2, 0.25) is 5.75 Å². The SMILES string of the molecule is NC(=O)c1c[nH]c(=O)c([N+](=O)[O-])c1O. The summed E-state index contributed by atoms with van der Waals surface area (Å²) in [5.74, 6) is -2.09. The molecule has 0 bridgehead atoms. The summed E-state index contributed by atoms with van der Waals surface area (Å²) in [6.45, 7) is 0. The van der Waals surface area contributed by atoms with Crippen molar-refractivity contribution in [3.8, 4) is 5.75 Å². The van der Waals surface area contributed by atoms with Crippen LogP contribution in [0.5, 0.6) is 5.75 Å². The van der Waals surface area contributed by atoms with Crippen molar-refractivity contribution in [2.45, 2.75) is 0 Å². The van der Waals surface area contributed by atoms with Crippen LogP contribution in [0.4, 0.5) is 5.69 Å². The summed E-state index contributed by atoms with van der Waals surface area (Å²) < 4.78 is 0. The van der Waals surface area contributed by atoms with Crippen LogP contribution in [0.1, 0.15) is 10.4 Å². The Hall–Kier alpha value is -2.38. The largest absolute Gasteiger partial charge is 0.501 e. The summed E-state index contributed by atoms with van der Waals surface area (Å²) >= 11 is 0. The predicted octanol–water partition coefficient (Wildman–Crippen LogP) is -0.912. The summed E-state index contributed by atoms with van der Waals surface area (Å²) in [5.41, 5.74) is 2.09. The fraction of sp³-hybridized carbons (Fsp3) is 0. The van der Waals surface area contributed by atoms with E-state index in [0.717, 1.165) is 6.20 Å². The molecule has 0 saturated carbocycles. The first-order valence-electron chi connectivity index (χ1n) is 3.34. The zero-order valence-electron chi connectivity index (χ0n) is 6.68. The molecule has 0 fully saturated rings. The number of aromatic nitrogens is 1. The predicted molar refractivity (Wildman–Crippen MR) is 43.9 cm³/mol. The van der Waals surface area contributed by atoms with Gasteiger partial charge in [-0.25, -0.2) is 0 Å². The molecule has 0 aliphatic rings. The van der Waals surface area contributed by atoms with Gasteiger partial charge in [0.1, 0.15) is 5.56 Å². The lowest BCUT2D eigenvalue weighted by molar-refractivity contribution is -0.387. The molecule has 0 unspecified atom stereocenters. The van der Waals surface area contributed by atoms with Gasteiger partial charge in [0.25, 0.3) is 5.91 Å². The van der Waals surface area contributed by atoms with Gasteiger partial charge in [-0.05, 0) is 0 Å². The number of carbonyl (C=O) groups excluding carboxylic acids is 1. The third-order valence-corrected chi connectivity index (χ3v) is 1.49. The Balaban J connectivity index is 3.57. The van der Waals surface area contributed by atoms with Crippen LogP contribution in [0.3, 0.4) is 0 Å². The highest BCUT2D eigenvalue weighted by atomic mass is 16.6. The average Bonchev–Trinajstić information content (AvgIpc) is 2.02. The fourth-order valence-corrected chi connectivity index (χ4v) is 0.867. The first kappa shape index (κ1) is 9.71. The maximum atomic E-state index is 10.8. The van der Waals surface area contributed by atoms with Gasteiger partial charge in [-0.1, -0.05) is 0 Å². The minimum atomic E-state index is -1.10. The molecule has 1 aromatic rings. The topological polar surface area (TPSA) is 139 Å². The van der Waals surface area contributed by atoms with Crippen LogP contribution >= 0.6 is 0 Å². The summed E-state index contributed by atoms with van der Waals surface area (Å²) in [5, 5.41) is 19.4. The molecule has 0 spiro atoms. The minimum Gasteiger partial charge on any atom is -0.501 e. The number of nitrogens with one attached hydrogen (secondary N) is 1. The van der Waals surface area contributed by atoms with Crippen molar-refractivity contribution in [1.29, 1.82) is 0 Å². The van der Waals surface area contributed by atoms with Gasteiger partial charge >= 0.3 is 11.2 Å². The van der Waals surface area contributed by atoms with Crippen molar-refractivity contribution < 1.29 is 14.8 Å². The van der Waals surface area contributed by atoms with Gasteiger partial charge in [0.05, 0.1) is 4.92 Å². The van der Waals surface area contributed by atoms with Gasteiger partial charge in [-0.15, -0.1) is 0 Å². The zero-order chi connectivity index (χ0) is 10.9. The molecule has 4 N–H and O–H groups in total. The second-order valence-corrected chi connectivity index (χ2v) is 2.35. The Morgan fingerprint density at radius 1 is 1.64 bits per heavy atom. The first-order chi connectivity index (χ1) is 6.45. The zero-order valence-corrected chi connectivity index (χ0v) is 6.68. The van der Waals surface area contributed by atoms with Gasteiger partial charge in [-0.2, -0.15) is 0 Å². The number of amides is 1. The number of nitrogens with two attached hydrogens (primary N) is 1. The quantitative estimate of drug-likeness (QED) is 0.417. The van der Waals surface area contributed by atoms with E-state index in [0.29, 0.717) is 0 Å².